The van der Waals surface area contributed by atoms with Crippen LogP contribution in [0.1, 0.15) is 36.0 Å². The smallest absolute Gasteiger partial charge is 0.0138 e. The molecule has 2 aliphatic rings. The Kier molecular flexibility index (Phi) is 3.19. The number of rotatable bonds is 4. The fourth-order valence-corrected chi connectivity index (χ4v) is 4.16. The number of likely N-dealkylation sites (N-methyl/N-ethyl adjacent to an activating group) is 1. The van der Waals surface area contributed by atoms with Crippen LogP contribution in [0.15, 0.2) is 18.2 Å². The Morgan fingerprint density at radius 2 is 1.94 bits per heavy atom. The van der Waals surface area contributed by atoms with Gasteiger partial charge in [-0.3, -0.25) is 0 Å². The number of hydrogen-bond donors (Lipinski definition) is 1. The maximum atomic E-state index is 3.59. The first-order chi connectivity index (χ1) is 8.70. The zero-order valence-electron chi connectivity index (χ0n) is 11.9. The van der Waals surface area contributed by atoms with Gasteiger partial charge in [-0.1, -0.05) is 30.2 Å². The highest BCUT2D eigenvalue weighted by Gasteiger charge is 2.55. The minimum absolute atomic E-state index is 0.695. The molecule has 2 aliphatic carbocycles. The Labute approximate surface area is 111 Å². The van der Waals surface area contributed by atoms with Gasteiger partial charge in [0.15, 0.2) is 0 Å². The summed E-state index contributed by atoms with van der Waals surface area (Å²) in [6, 6.07) is 7.56. The highest BCUT2D eigenvalue weighted by atomic mass is 14.9. The quantitative estimate of drug-likeness (QED) is 0.853. The summed E-state index contributed by atoms with van der Waals surface area (Å²) < 4.78 is 0. The van der Waals surface area contributed by atoms with Gasteiger partial charge in [0.1, 0.15) is 0 Å². The zero-order chi connectivity index (χ0) is 12.7. The van der Waals surface area contributed by atoms with Gasteiger partial charge in [0.25, 0.3) is 0 Å². The van der Waals surface area contributed by atoms with E-state index in [1.54, 1.807) is 5.56 Å². The molecule has 1 heteroatoms. The van der Waals surface area contributed by atoms with Crippen LogP contribution < -0.4 is 5.32 Å². The number of aryl methyl sites for hydroxylation is 2. The highest BCUT2D eigenvalue weighted by molar-refractivity contribution is 5.31. The Balaban J connectivity index is 1.72. The van der Waals surface area contributed by atoms with Crippen molar-refractivity contribution >= 4 is 0 Å². The van der Waals surface area contributed by atoms with Crippen LogP contribution >= 0.6 is 0 Å². The van der Waals surface area contributed by atoms with E-state index in [4.69, 9.17) is 0 Å². The van der Waals surface area contributed by atoms with Crippen molar-refractivity contribution in [3.05, 3.63) is 34.9 Å². The molecule has 0 saturated heterocycles. The van der Waals surface area contributed by atoms with E-state index in [2.05, 4.69) is 44.4 Å². The normalized spacial score (nSPS) is 31.2. The van der Waals surface area contributed by atoms with E-state index in [-0.39, 0.29) is 0 Å². The minimum atomic E-state index is 0.695. The molecule has 0 aromatic heterocycles. The molecule has 1 N–H and O–H groups in total. The molecular formula is C17H25N. The second kappa shape index (κ2) is 4.70. The SMILES string of the molecule is CNC(Cc1cc(C)ccc1C)C1C2CCCC21. The van der Waals surface area contributed by atoms with Gasteiger partial charge in [-0.2, -0.15) is 0 Å². The summed E-state index contributed by atoms with van der Waals surface area (Å²) in [7, 11) is 2.14. The van der Waals surface area contributed by atoms with Crippen molar-refractivity contribution in [1.29, 1.82) is 0 Å². The van der Waals surface area contributed by atoms with E-state index in [9.17, 15) is 0 Å². The molecule has 0 aliphatic heterocycles. The molecule has 1 aromatic carbocycles. The average Bonchev–Trinajstić information content (AvgIpc) is 2.83. The average molecular weight is 243 g/mol. The molecule has 0 bridgehead atoms. The topological polar surface area (TPSA) is 12.0 Å². The number of benzene rings is 1. The van der Waals surface area contributed by atoms with Crippen molar-refractivity contribution < 1.29 is 0 Å². The summed E-state index contributed by atoms with van der Waals surface area (Å²) in [6.07, 6.45) is 5.66. The fourth-order valence-electron chi connectivity index (χ4n) is 4.16. The lowest BCUT2D eigenvalue weighted by Crippen LogP contribution is -2.31. The lowest BCUT2D eigenvalue weighted by molar-refractivity contribution is 0.428. The molecule has 0 spiro atoms. The van der Waals surface area contributed by atoms with E-state index in [1.165, 1.54) is 36.8 Å². The number of nitrogens with one attached hydrogen (secondary N) is 1. The van der Waals surface area contributed by atoms with Gasteiger partial charge in [-0.25, -0.2) is 0 Å². The van der Waals surface area contributed by atoms with Gasteiger partial charge in [0, 0.05) is 6.04 Å². The van der Waals surface area contributed by atoms with Crippen LogP contribution in [-0.2, 0) is 6.42 Å². The van der Waals surface area contributed by atoms with Gasteiger partial charge in [-0.05, 0) is 69.0 Å². The summed E-state index contributed by atoms with van der Waals surface area (Å²) in [4.78, 5) is 0. The molecule has 18 heavy (non-hydrogen) atoms. The predicted molar refractivity (Wildman–Crippen MR) is 76.8 cm³/mol. The molecule has 2 fully saturated rings. The van der Waals surface area contributed by atoms with Gasteiger partial charge >= 0.3 is 0 Å². The third-order valence-electron chi connectivity index (χ3n) is 5.25. The van der Waals surface area contributed by atoms with Crippen molar-refractivity contribution in [2.24, 2.45) is 17.8 Å². The number of hydrogen-bond acceptors (Lipinski definition) is 1. The second-order valence-corrected chi connectivity index (χ2v) is 6.37. The molecule has 0 radical (unpaired) electrons. The molecule has 98 valence electrons. The van der Waals surface area contributed by atoms with E-state index < -0.39 is 0 Å². The zero-order valence-corrected chi connectivity index (χ0v) is 11.9. The maximum Gasteiger partial charge on any atom is 0.0138 e. The van der Waals surface area contributed by atoms with E-state index >= 15 is 0 Å². The molecule has 0 heterocycles. The Morgan fingerprint density at radius 3 is 2.61 bits per heavy atom. The first kappa shape index (κ1) is 12.2. The monoisotopic (exact) mass is 243 g/mol. The largest absolute Gasteiger partial charge is 0.316 e. The van der Waals surface area contributed by atoms with Crippen molar-refractivity contribution in [2.75, 3.05) is 7.05 Å². The van der Waals surface area contributed by atoms with Gasteiger partial charge in [-0.15, -0.1) is 0 Å². The minimum Gasteiger partial charge on any atom is -0.316 e. The van der Waals surface area contributed by atoms with Crippen LogP contribution in [0.3, 0.4) is 0 Å². The fraction of sp³-hybridized carbons (Fsp3) is 0.647. The van der Waals surface area contributed by atoms with E-state index in [0.29, 0.717) is 6.04 Å². The summed E-state index contributed by atoms with van der Waals surface area (Å²) >= 11 is 0. The Morgan fingerprint density at radius 1 is 1.22 bits per heavy atom. The van der Waals surface area contributed by atoms with Crippen molar-refractivity contribution in [3.8, 4) is 0 Å². The second-order valence-electron chi connectivity index (χ2n) is 6.37. The van der Waals surface area contributed by atoms with Crippen molar-refractivity contribution in [1.82, 2.24) is 5.32 Å². The maximum absolute atomic E-state index is 3.59. The highest BCUT2D eigenvalue weighted by Crippen LogP contribution is 2.59. The summed E-state index contributed by atoms with van der Waals surface area (Å²) in [5.74, 6) is 3.06. The summed E-state index contributed by atoms with van der Waals surface area (Å²) in [5.41, 5.74) is 4.38. The molecule has 0 amide bonds. The van der Waals surface area contributed by atoms with Crippen molar-refractivity contribution in [3.63, 3.8) is 0 Å². The van der Waals surface area contributed by atoms with E-state index in [0.717, 1.165) is 17.8 Å². The molecule has 1 aromatic rings. The molecular weight excluding hydrogens is 218 g/mol. The molecule has 3 rings (SSSR count). The van der Waals surface area contributed by atoms with Crippen LogP contribution in [0.2, 0.25) is 0 Å². The summed E-state index contributed by atoms with van der Waals surface area (Å²) in [5, 5.41) is 3.59. The van der Waals surface area contributed by atoms with Gasteiger partial charge in [0.2, 0.25) is 0 Å². The molecule has 3 atom stereocenters. The standard InChI is InChI=1S/C17H25N/c1-11-7-8-12(2)13(9-11)10-16(18-3)17-14-5-4-6-15(14)17/h7-9,14-18H,4-6,10H2,1-3H3. The number of fused-ring (bicyclic) bond motifs is 1. The summed E-state index contributed by atoms with van der Waals surface area (Å²) in [6.45, 7) is 4.44. The van der Waals surface area contributed by atoms with Gasteiger partial charge < -0.3 is 5.32 Å². The first-order valence-corrected chi connectivity index (χ1v) is 7.44. The molecule has 2 saturated carbocycles. The Bertz CT molecular complexity index is 427. The van der Waals surface area contributed by atoms with Crippen LogP contribution in [0, 0.1) is 31.6 Å². The third kappa shape index (κ3) is 2.09. The van der Waals surface area contributed by atoms with Crippen LogP contribution in [0.4, 0.5) is 0 Å². The molecule has 3 unspecified atom stereocenters. The lowest BCUT2D eigenvalue weighted by atomic mass is 9.94. The van der Waals surface area contributed by atoms with Crippen LogP contribution in [0.5, 0.6) is 0 Å². The van der Waals surface area contributed by atoms with Crippen LogP contribution in [0.25, 0.3) is 0 Å². The third-order valence-corrected chi connectivity index (χ3v) is 5.25. The van der Waals surface area contributed by atoms with E-state index in [1.807, 2.05) is 0 Å². The Hall–Kier alpha value is -0.820. The molecule has 1 nitrogen and oxygen atoms in total. The van der Waals surface area contributed by atoms with Crippen molar-refractivity contribution in [2.45, 2.75) is 45.6 Å². The predicted octanol–water partition coefficient (Wildman–Crippen LogP) is 3.48. The first-order valence-electron chi connectivity index (χ1n) is 7.44. The van der Waals surface area contributed by atoms with Crippen LogP contribution in [-0.4, -0.2) is 13.1 Å². The van der Waals surface area contributed by atoms with Gasteiger partial charge in [0.05, 0.1) is 0 Å². The lowest BCUT2D eigenvalue weighted by Gasteiger charge is -2.19.